The van der Waals surface area contributed by atoms with Crippen LogP contribution in [-0.2, 0) is 11.3 Å². The summed E-state index contributed by atoms with van der Waals surface area (Å²) in [5.74, 6) is -0.433. The molecular formula is C11H12N2O5. The number of hydrogen-bond donors (Lipinski definition) is 1. The maximum Gasteiger partial charge on any atom is 0.410 e. The molecule has 1 fully saturated rings. The van der Waals surface area contributed by atoms with E-state index < -0.39 is 16.8 Å². The van der Waals surface area contributed by atoms with E-state index >= 15 is 0 Å². The minimum absolute atomic E-state index is 0.0130. The highest BCUT2D eigenvalue weighted by atomic mass is 16.6. The first kappa shape index (κ1) is 12.2. The van der Waals surface area contributed by atoms with Crippen molar-refractivity contribution < 1.29 is 19.6 Å². The molecular weight excluding hydrogens is 240 g/mol. The second-order valence-corrected chi connectivity index (χ2v) is 3.98. The van der Waals surface area contributed by atoms with Gasteiger partial charge in [0.05, 0.1) is 4.92 Å². The summed E-state index contributed by atoms with van der Waals surface area (Å²) in [7, 11) is 0. The Morgan fingerprint density at radius 1 is 1.50 bits per heavy atom. The van der Waals surface area contributed by atoms with Crippen LogP contribution in [0.3, 0.4) is 0 Å². The van der Waals surface area contributed by atoms with Crippen LogP contribution in [0.2, 0.25) is 0 Å². The first-order valence-corrected chi connectivity index (χ1v) is 5.46. The number of phenols is 1. The molecule has 1 saturated heterocycles. The molecule has 96 valence electrons. The van der Waals surface area contributed by atoms with Crippen molar-refractivity contribution in [2.45, 2.75) is 13.0 Å². The van der Waals surface area contributed by atoms with Gasteiger partial charge in [0.15, 0.2) is 5.75 Å². The van der Waals surface area contributed by atoms with Crippen LogP contribution in [0.4, 0.5) is 10.5 Å². The molecule has 0 atom stereocenters. The van der Waals surface area contributed by atoms with Gasteiger partial charge in [-0.3, -0.25) is 10.1 Å². The highest BCUT2D eigenvalue weighted by Gasteiger charge is 2.21. The van der Waals surface area contributed by atoms with Gasteiger partial charge in [0, 0.05) is 19.2 Å². The van der Waals surface area contributed by atoms with Crippen LogP contribution in [0.25, 0.3) is 0 Å². The number of amides is 1. The molecule has 0 radical (unpaired) electrons. The van der Waals surface area contributed by atoms with Crippen LogP contribution < -0.4 is 0 Å². The number of nitro benzene ring substituents is 1. The number of hydrogen-bond acceptors (Lipinski definition) is 5. The summed E-state index contributed by atoms with van der Waals surface area (Å²) in [5.41, 5.74) is 0.139. The zero-order chi connectivity index (χ0) is 13.1. The number of carbonyl (C=O) groups excluding carboxylic acids is 1. The summed E-state index contributed by atoms with van der Waals surface area (Å²) in [5, 5.41) is 19.9. The van der Waals surface area contributed by atoms with Gasteiger partial charge in [0.25, 0.3) is 0 Å². The third kappa shape index (κ3) is 2.50. The summed E-state index contributed by atoms with van der Waals surface area (Å²) in [6, 6.07) is 3.85. The predicted octanol–water partition coefficient (Wildman–Crippen LogP) is 1.64. The van der Waals surface area contributed by atoms with Crippen LogP contribution >= 0.6 is 0 Å². The van der Waals surface area contributed by atoms with Crippen LogP contribution in [0, 0.1) is 10.1 Å². The van der Waals surface area contributed by atoms with Gasteiger partial charge >= 0.3 is 11.8 Å². The number of nitro groups is 1. The molecule has 0 spiro atoms. The summed E-state index contributed by atoms with van der Waals surface area (Å²) in [4.78, 5) is 22.8. The molecule has 0 unspecified atom stereocenters. The molecule has 7 nitrogen and oxygen atoms in total. The van der Waals surface area contributed by atoms with Crippen LogP contribution in [-0.4, -0.2) is 34.1 Å². The lowest BCUT2D eigenvalue weighted by atomic mass is 10.2. The number of phenolic OH excluding ortho intramolecular Hbond substituents is 1. The Bertz CT molecular complexity index is 484. The van der Waals surface area contributed by atoms with Gasteiger partial charge in [-0.25, -0.2) is 4.79 Å². The minimum atomic E-state index is -0.675. The van der Waals surface area contributed by atoms with Gasteiger partial charge in [-0.05, 0) is 24.1 Å². The molecule has 1 heterocycles. The quantitative estimate of drug-likeness (QED) is 0.652. The molecule has 2 rings (SSSR count). The summed E-state index contributed by atoms with van der Waals surface area (Å²) < 4.78 is 4.99. The van der Waals surface area contributed by atoms with Gasteiger partial charge in [0.2, 0.25) is 0 Å². The lowest BCUT2D eigenvalue weighted by Gasteiger charge is -2.29. The number of nitrogens with zero attached hydrogens (tertiary/aromatic N) is 2. The fourth-order valence-corrected chi connectivity index (χ4v) is 1.55. The molecule has 1 aromatic rings. The number of benzene rings is 1. The molecule has 1 aromatic carbocycles. The normalized spacial score (nSPS) is 13.9. The summed E-state index contributed by atoms with van der Waals surface area (Å²) >= 11 is 0. The number of likely N-dealkylation sites (tertiary alicyclic amines) is 1. The van der Waals surface area contributed by atoms with Gasteiger partial charge in [-0.15, -0.1) is 0 Å². The highest BCUT2D eigenvalue weighted by Crippen LogP contribution is 2.26. The van der Waals surface area contributed by atoms with E-state index in [2.05, 4.69) is 0 Å². The number of ether oxygens (including phenoxy) is 1. The van der Waals surface area contributed by atoms with E-state index in [0.717, 1.165) is 6.42 Å². The van der Waals surface area contributed by atoms with E-state index in [1.54, 1.807) is 4.90 Å². The summed E-state index contributed by atoms with van der Waals surface area (Å²) in [6.07, 6.45) is 0.576. The number of rotatable bonds is 3. The second kappa shape index (κ2) is 4.91. The van der Waals surface area contributed by atoms with Crippen molar-refractivity contribution in [3.8, 4) is 5.75 Å². The Morgan fingerprint density at radius 3 is 2.72 bits per heavy atom. The van der Waals surface area contributed by atoms with Crippen molar-refractivity contribution >= 4 is 11.8 Å². The lowest BCUT2D eigenvalue weighted by Crippen LogP contribution is -2.42. The smallest absolute Gasteiger partial charge is 0.410 e. The Kier molecular flexibility index (Phi) is 3.31. The average molecular weight is 252 g/mol. The Labute approximate surface area is 103 Å². The van der Waals surface area contributed by atoms with Crippen molar-refractivity contribution in [2.24, 2.45) is 0 Å². The molecule has 1 N–H and O–H groups in total. The standard InChI is InChI=1S/C11H12N2O5/c14-10-6-8(2-3-9(10)13(16)17)7-18-11(15)12-4-1-5-12/h2-3,6,14H,1,4-5,7H2. The van der Waals surface area contributed by atoms with E-state index in [4.69, 9.17) is 4.74 Å². The van der Waals surface area contributed by atoms with E-state index in [1.807, 2.05) is 0 Å². The van der Waals surface area contributed by atoms with Gasteiger partial charge < -0.3 is 14.7 Å². The Morgan fingerprint density at radius 2 is 2.22 bits per heavy atom. The monoisotopic (exact) mass is 252 g/mol. The number of aromatic hydroxyl groups is 1. The van der Waals surface area contributed by atoms with Crippen LogP contribution in [0.15, 0.2) is 18.2 Å². The van der Waals surface area contributed by atoms with E-state index in [0.29, 0.717) is 18.7 Å². The lowest BCUT2D eigenvalue weighted by molar-refractivity contribution is -0.385. The van der Waals surface area contributed by atoms with Crippen molar-refractivity contribution in [3.63, 3.8) is 0 Å². The van der Waals surface area contributed by atoms with Crippen LogP contribution in [0.5, 0.6) is 5.75 Å². The zero-order valence-electron chi connectivity index (χ0n) is 9.54. The zero-order valence-corrected chi connectivity index (χ0v) is 9.54. The topological polar surface area (TPSA) is 92.9 Å². The maximum atomic E-state index is 11.4. The first-order valence-electron chi connectivity index (χ1n) is 5.46. The Hall–Kier alpha value is -2.31. The predicted molar refractivity (Wildman–Crippen MR) is 61.1 cm³/mol. The molecule has 0 aromatic heterocycles. The van der Waals surface area contributed by atoms with Crippen LogP contribution in [0.1, 0.15) is 12.0 Å². The maximum absolute atomic E-state index is 11.4. The number of carbonyl (C=O) groups is 1. The molecule has 1 aliphatic rings. The van der Waals surface area contributed by atoms with Crippen molar-refractivity contribution in [3.05, 3.63) is 33.9 Å². The fraction of sp³-hybridized carbons (Fsp3) is 0.364. The Balaban J connectivity index is 1.95. The fourth-order valence-electron chi connectivity index (χ4n) is 1.55. The second-order valence-electron chi connectivity index (χ2n) is 3.98. The molecule has 1 aliphatic heterocycles. The van der Waals surface area contributed by atoms with Crippen molar-refractivity contribution in [2.75, 3.05) is 13.1 Å². The van der Waals surface area contributed by atoms with Gasteiger partial charge in [-0.2, -0.15) is 0 Å². The summed E-state index contributed by atoms with van der Waals surface area (Å²) in [6.45, 7) is 1.38. The molecule has 18 heavy (non-hydrogen) atoms. The van der Waals surface area contributed by atoms with Gasteiger partial charge in [0.1, 0.15) is 6.61 Å². The van der Waals surface area contributed by atoms with Crippen molar-refractivity contribution in [1.29, 1.82) is 0 Å². The first-order chi connectivity index (χ1) is 8.58. The van der Waals surface area contributed by atoms with E-state index in [-0.39, 0.29) is 12.3 Å². The highest BCUT2D eigenvalue weighted by molar-refractivity contribution is 5.68. The van der Waals surface area contributed by atoms with E-state index in [9.17, 15) is 20.0 Å². The molecule has 0 saturated carbocycles. The largest absolute Gasteiger partial charge is 0.502 e. The molecule has 0 bridgehead atoms. The average Bonchev–Trinajstić information content (AvgIpc) is 2.23. The van der Waals surface area contributed by atoms with E-state index in [1.165, 1.54) is 18.2 Å². The van der Waals surface area contributed by atoms with Crippen molar-refractivity contribution in [1.82, 2.24) is 4.90 Å². The molecule has 1 amide bonds. The SMILES string of the molecule is O=C(OCc1ccc([N+](=O)[O-])c(O)c1)N1CCC1. The third-order valence-electron chi connectivity index (χ3n) is 2.71. The van der Waals surface area contributed by atoms with Gasteiger partial charge in [-0.1, -0.05) is 0 Å². The third-order valence-corrected chi connectivity index (χ3v) is 2.71. The molecule has 0 aliphatic carbocycles. The molecule has 7 heteroatoms. The minimum Gasteiger partial charge on any atom is -0.502 e.